The highest BCUT2D eigenvalue weighted by molar-refractivity contribution is 7.10. The van der Waals surface area contributed by atoms with Crippen molar-refractivity contribution in [2.24, 2.45) is 5.92 Å². The highest BCUT2D eigenvalue weighted by atomic mass is 32.1. The molecule has 1 aliphatic carbocycles. The molecule has 5 heteroatoms. The highest BCUT2D eigenvalue weighted by Gasteiger charge is 2.33. The molecule has 0 spiro atoms. The molecule has 2 aromatic carbocycles. The van der Waals surface area contributed by atoms with Gasteiger partial charge in [-0.15, -0.1) is 11.3 Å². The second-order valence-electron chi connectivity index (χ2n) is 7.70. The van der Waals surface area contributed by atoms with Crippen LogP contribution in [0.1, 0.15) is 45.2 Å². The Morgan fingerprint density at radius 1 is 0.966 bits per heavy atom. The Morgan fingerprint density at radius 2 is 1.72 bits per heavy atom. The Kier molecular flexibility index (Phi) is 4.68. The predicted octanol–water partition coefficient (Wildman–Crippen LogP) is 4.88. The SMILES string of the molecule is O=C(Nc1ccc(C(=O)N2CCc3sccc3[C@H]2c2ccccc2)cc1)C1CC1. The number of amides is 2. The summed E-state index contributed by atoms with van der Waals surface area (Å²) >= 11 is 1.77. The van der Waals surface area contributed by atoms with E-state index >= 15 is 0 Å². The van der Waals surface area contributed by atoms with Crippen LogP contribution in [0.4, 0.5) is 5.69 Å². The number of thiophene rings is 1. The summed E-state index contributed by atoms with van der Waals surface area (Å²) in [7, 11) is 0. The third-order valence-corrected chi connectivity index (χ3v) is 6.69. The number of nitrogens with one attached hydrogen (secondary N) is 1. The van der Waals surface area contributed by atoms with Crippen LogP contribution in [0, 0.1) is 5.92 Å². The lowest BCUT2D eigenvalue weighted by Crippen LogP contribution is -2.40. The van der Waals surface area contributed by atoms with Crippen LogP contribution in [0.5, 0.6) is 0 Å². The van der Waals surface area contributed by atoms with Gasteiger partial charge in [0, 0.05) is 28.6 Å². The number of hydrogen-bond donors (Lipinski definition) is 1. The third-order valence-electron chi connectivity index (χ3n) is 5.69. The maximum atomic E-state index is 13.4. The van der Waals surface area contributed by atoms with E-state index in [1.807, 2.05) is 47.4 Å². The van der Waals surface area contributed by atoms with Gasteiger partial charge in [-0.25, -0.2) is 0 Å². The molecule has 5 rings (SSSR count). The number of rotatable bonds is 4. The van der Waals surface area contributed by atoms with Crippen molar-refractivity contribution in [3.05, 3.63) is 87.6 Å². The average molecular weight is 403 g/mol. The molecular formula is C24H22N2O2S. The second-order valence-corrected chi connectivity index (χ2v) is 8.70. The van der Waals surface area contributed by atoms with E-state index in [2.05, 4.69) is 28.9 Å². The smallest absolute Gasteiger partial charge is 0.254 e. The van der Waals surface area contributed by atoms with Crippen molar-refractivity contribution in [3.8, 4) is 0 Å². The summed E-state index contributed by atoms with van der Waals surface area (Å²) in [5, 5.41) is 5.05. The second kappa shape index (κ2) is 7.48. The Hall–Kier alpha value is -2.92. The largest absolute Gasteiger partial charge is 0.327 e. The summed E-state index contributed by atoms with van der Waals surface area (Å²) in [6.45, 7) is 0.700. The predicted molar refractivity (Wildman–Crippen MR) is 115 cm³/mol. The number of carbonyl (C=O) groups is 2. The Morgan fingerprint density at radius 3 is 2.45 bits per heavy atom. The van der Waals surface area contributed by atoms with Crippen molar-refractivity contribution in [1.82, 2.24) is 4.90 Å². The molecule has 1 saturated carbocycles. The number of anilines is 1. The molecular weight excluding hydrogens is 380 g/mol. The van der Waals surface area contributed by atoms with Gasteiger partial charge in [0.15, 0.2) is 0 Å². The van der Waals surface area contributed by atoms with Crippen molar-refractivity contribution in [3.63, 3.8) is 0 Å². The molecule has 4 nitrogen and oxygen atoms in total. The van der Waals surface area contributed by atoms with Crippen LogP contribution in [0.2, 0.25) is 0 Å². The molecule has 1 fully saturated rings. The van der Waals surface area contributed by atoms with Crippen molar-refractivity contribution >= 4 is 28.8 Å². The number of hydrogen-bond acceptors (Lipinski definition) is 3. The van der Waals surface area contributed by atoms with E-state index in [-0.39, 0.29) is 23.8 Å². The van der Waals surface area contributed by atoms with Crippen molar-refractivity contribution < 1.29 is 9.59 Å². The zero-order valence-corrected chi connectivity index (χ0v) is 16.8. The maximum Gasteiger partial charge on any atom is 0.254 e. The summed E-state index contributed by atoms with van der Waals surface area (Å²) in [5.41, 5.74) is 3.76. The first kappa shape index (κ1) is 18.1. The number of carbonyl (C=O) groups excluding carboxylic acids is 2. The molecule has 3 aromatic rings. The molecule has 0 unspecified atom stereocenters. The lowest BCUT2D eigenvalue weighted by atomic mass is 9.92. The van der Waals surface area contributed by atoms with Crippen molar-refractivity contribution in [2.75, 3.05) is 11.9 Å². The molecule has 29 heavy (non-hydrogen) atoms. The molecule has 146 valence electrons. The molecule has 0 saturated heterocycles. The minimum Gasteiger partial charge on any atom is -0.327 e. The molecule has 1 aliphatic heterocycles. The summed E-state index contributed by atoms with van der Waals surface area (Å²) in [4.78, 5) is 28.7. The van der Waals surface area contributed by atoms with Gasteiger partial charge in [-0.05, 0) is 66.1 Å². The summed E-state index contributed by atoms with van der Waals surface area (Å²) in [6, 6.07) is 19.6. The van der Waals surface area contributed by atoms with Crippen LogP contribution < -0.4 is 5.32 Å². The van der Waals surface area contributed by atoms with Crippen LogP contribution in [0.3, 0.4) is 0 Å². The topological polar surface area (TPSA) is 49.4 Å². The minimum absolute atomic E-state index is 0.0239. The van der Waals surface area contributed by atoms with Gasteiger partial charge in [-0.2, -0.15) is 0 Å². The summed E-state index contributed by atoms with van der Waals surface area (Å²) in [6.07, 6.45) is 2.84. The van der Waals surface area contributed by atoms with Gasteiger partial charge in [-0.1, -0.05) is 30.3 Å². The van der Waals surface area contributed by atoms with E-state index in [1.54, 1.807) is 11.3 Å². The molecule has 1 N–H and O–H groups in total. The average Bonchev–Trinajstić information content (AvgIpc) is 3.51. The Bertz CT molecular complexity index is 1040. The standard InChI is InChI=1S/C24H22N2O2S/c27-23(17-6-7-17)25-19-10-8-18(9-11-19)24(28)26-14-12-21-20(13-15-29-21)22(26)16-4-2-1-3-5-16/h1-5,8-11,13,15,17,22H,6-7,12,14H2,(H,25,27)/t22-/m1/s1. The van der Waals surface area contributed by atoms with Crippen LogP contribution in [-0.4, -0.2) is 23.3 Å². The van der Waals surface area contributed by atoms with E-state index in [9.17, 15) is 9.59 Å². The zero-order chi connectivity index (χ0) is 19.8. The fourth-order valence-electron chi connectivity index (χ4n) is 3.98. The van der Waals surface area contributed by atoms with E-state index in [4.69, 9.17) is 0 Å². The van der Waals surface area contributed by atoms with Gasteiger partial charge >= 0.3 is 0 Å². The van der Waals surface area contributed by atoms with Crippen LogP contribution in [0.25, 0.3) is 0 Å². The molecule has 1 atom stereocenters. The Labute approximate surface area is 174 Å². The normalized spacial score (nSPS) is 18.2. The molecule has 1 aromatic heterocycles. The fourth-order valence-corrected chi connectivity index (χ4v) is 4.89. The highest BCUT2D eigenvalue weighted by Crippen LogP contribution is 2.38. The van der Waals surface area contributed by atoms with Gasteiger partial charge in [0.05, 0.1) is 6.04 Å². The Balaban J connectivity index is 1.41. The minimum atomic E-state index is -0.0621. The molecule has 0 radical (unpaired) electrons. The van der Waals surface area contributed by atoms with E-state index < -0.39 is 0 Å². The first-order valence-electron chi connectivity index (χ1n) is 10.0. The van der Waals surface area contributed by atoms with Crippen LogP contribution in [0.15, 0.2) is 66.0 Å². The maximum absolute atomic E-state index is 13.4. The van der Waals surface area contributed by atoms with Gasteiger partial charge < -0.3 is 10.2 Å². The van der Waals surface area contributed by atoms with E-state index in [0.29, 0.717) is 12.1 Å². The molecule has 2 amide bonds. The molecule has 2 aliphatic rings. The monoisotopic (exact) mass is 402 g/mol. The number of nitrogens with zero attached hydrogens (tertiary/aromatic N) is 1. The quantitative estimate of drug-likeness (QED) is 0.676. The first-order chi connectivity index (χ1) is 14.2. The van der Waals surface area contributed by atoms with Gasteiger partial charge in [0.2, 0.25) is 5.91 Å². The van der Waals surface area contributed by atoms with Crippen molar-refractivity contribution in [2.45, 2.75) is 25.3 Å². The zero-order valence-electron chi connectivity index (χ0n) is 16.0. The summed E-state index contributed by atoms with van der Waals surface area (Å²) < 4.78 is 0. The number of fused-ring (bicyclic) bond motifs is 1. The summed E-state index contributed by atoms with van der Waals surface area (Å²) in [5.74, 6) is 0.265. The molecule has 0 bridgehead atoms. The van der Waals surface area contributed by atoms with Gasteiger partial charge in [-0.3, -0.25) is 9.59 Å². The fraction of sp³-hybridized carbons (Fsp3) is 0.250. The van der Waals surface area contributed by atoms with Crippen LogP contribution >= 0.6 is 11.3 Å². The lowest BCUT2D eigenvalue weighted by Gasteiger charge is -2.36. The third kappa shape index (κ3) is 3.58. The molecule has 2 heterocycles. The van der Waals surface area contributed by atoms with Crippen molar-refractivity contribution in [1.29, 1.82) is 0 Å². The first-order valence-corrected chi connectivity index (χ1v) is 10.9. The van der Waals surface area contributed by atoms with Gasteiger partial charge in [0.25, 0.3) is 5.91 Å². The van der Waals surface area contributed by atoms with E-state index in [1.165, 1.54) is 10.4 Å². The number of benzene rings is 2. The van der Waals surface area contributed by atoms with E-state index in [0.717, 1.165) is 30.5 Å². The van der Waals surface area contributed by atoms with Gasteiger partial charge in [0.1, 0.15) is 0 Å². The van der Waals surface area contributed by atoms with Crippen LogP contribution in [-0.2, 0) is 11.2 Å². The lowest BCUT2D eigenvalue weighted by molar-refractivity contribution is -0.117.